The molecule has 0 aromatic rings. The normalized spacial score (nSPS) is 24.6. The number of nitrogens with zero attached hydrogens (tertiary/aromatic N) is 1. The van der Waals surface area contributed by atoms with E-state index in [9.17, 15) is 9.59 Å². The molecule has 0 aromatic carbocycles. The molecule has 3 unspecified atom stereocenters. The van der Waals surface area contributed by atoms with Crippen LogP contribution in [0.1, 0.15) is 6.92 Å². The molecular weight excluding hydrogens is 240 g/mol. The van der Waals surface area contributed by atoms with E-state index in [1.165, 1.54) is 4.90 Å². The van der Waals surface area contributed by atoms with Crippen molar-refractivity contribution in [3.05, 3.63) is 0 Å². The summed E-state index contributed by atoms with van der Waals surface area (Å²) in [6, 6.07) is -0.880. The molecule has 0 aliphatic carbocycles. The summed E-state index contributed by atoms with van der Waals surface area (Å²) in [4.78, 5) is 24.3. The predicted octanol–water partition coefficient (Wildman–Crippen LogP) is -0.238. The Morgan fingerprint density at radius 2 is 2.22 bits per heavy atom. The van der Waals surface area contributed by atoms with Crippen molar-refractivity contribution in [3.8, 4) is 0 Å². The number of nitrogens with one attached hydrogen (secondary N) is 1. The van der Waals surface area contributed by atoms with Gasteiger partial charge in [0.25, 0.3) is 0 Å². The zero-order valence-corrected chi connectivity index (χ0v) is 10.9. The molecule has 7 nitrogen and oxygen atoms in total. The highest BCUT2D eigenvalue weighted by Crippen LogP contribution is 2.14. The lowest BCUT2D eigenvalue weighted by atomic mass is 10.0. The van der Waals surface area contributed by atoms with Crippen molar-refractivity contribution in [1.29, 1.82) is 0 Å². The number of hydrogen-bond donors (Lipinski definition) is 2. The molecule has 2 amide bonds. The van der Waals surface area contributed by atoms with E-state index in [0.717, 1.165) is 0 Å². The Hall–Kier alpha value is -1.34. The van der Waals surface area contributed by atoms with Crippen molar-refractivity contribution in [1.82, 2.24) is 10.2 Å². The number of carboxylic acids is 1. The van der Waals surface area contributed by atoms with E-state index in [0.29, 0.717) is 6.61 Å². The summed E-state index contributed by atoms with van der Waals surface area (Å²) in [6.45, 7) is 2.64. The van der Waals surface area contributed by atoms with Crippen LogP contribution in [0.2, 0.25) is 0 Å². The highest BCUT2D eigenvalue weighted by Gasteiger charge is 2.35. The Morgan fingerprint density at radius 1 is 1.56 bits per heavy atom. The Morgan fingerprint density at radius 3 is 2.78 bits per heavy atom. The second-order valence-corrected chi connectivity index (χ2v) is 4.45. The summed E-state index contributed by atoms with van der Waals surface area (Å²) in [5.74, 6) is -1.63. The minimum atomic E-state index is -0.953. The van der Waals surface area contributed by atoms with Gasteiger partial charge in [-0.05, 0) is 6.92 Å². The molecule has 0 saturated carbocycles. The average Bonchev–Trinajstić information content (AvgIpc) is 2.76. The number of likely N-dealkylation sites (N-methyl/N-ethyl adjacent to an activating group) is 1. The summed E-state index contributed by atoms with van der Waals surface area (Å²) in [5, 5.41) is 11.6. The van der Waals surface area contributed by atoms with E-state index in [1.807, 2.05) is 6.92 Å². The summed E-state index contributed by atoms with van der Waals surface area (Å²) < 4.78 is 10.0. The Balaban J connectivity index is 2.51. The van der Waals surface area contributed by atoms with Crippen LogP contribution in [0.4, 0.5) is 4.79 Å². The maximum absolute atomic E-state index is 11.9. The van der Waals surface area contributed by atoms with Crippen molar-refractivity contribution >= 4 is 12.0 Å². The molecule has 1 aliphatic rings. The van der Waals surface area contributed by atoms with Gasteiger partial charge in [0.05, 0.1) is 31.9 Å². The molecule has 1 saturated heterocycles. The first kappa shape index (κ1) is 14.7. The van der Waals surface area contributed by atoms with Crippen LogP contribution in [-0.2, 0) is 14.3 Å². The first-order valence-corrected chi connectivity index (χ1v) is 5.80. The fraction of sp³-hybridized carbons (Fsp3) is 0.818. The van der Waals surface area contributed by atoms with E-state index in [4.69, 9.17) is 14.6 Å². The highest BCUT2D eigenvalue weighted by atomic mass is 16.5. The molecule has 18 heavy (non-hydrogen) atoms. The monoisotopic (exact) mass is 260 g/mol. The maximum Gasteiger partial charge on any atom is 0.317 e. The van der Waals surface area contributed by atoms with Crippen LogP contribution in [0.25, 0.3) is 0 Å². The smallest absolute Gasteiger partial charge is 0.317 e. The van der Waals surface area contributed by atoms with Crippen molar-refractivity contribution < 1.29 is 24.2 Å². The second-order valence-electron chi connectivity index (χ2n) is 4.45. The molecule has 0 spiro atoms. The van der Waals surface area contributed by atoms with Gasteiger partial charge in [-0.2, -0.15) is 0 Å². The number of rotatable bonds is 5. The van der Waals surface area contributed by atoms with Gasteiger partial charge in [-0.15, -0.1) is 0 Å². The lowest BCUT2D eigenvalue weighted by molar-refractivity contribution is -0.142. The van der Waals surface area contributed by atoms with Crippen molar-refractivity contribution in [2.45, 2.75) is 19.0 Å². The van der Waals surface area contributed by atoms with Gasteiger partial charge in [-0.25, -0.2) is 4.79 Å². The van der Waals surface area contributed by atoms with Crippen LogP contribution in [0.15, 0.2) is 0 Å². The number of carboxylic acid groups (broad SMARTS) is 1. The Labute approximate surface area is 106 Å². The average molecular weight is 260 g/mol. The molecular formula is C11H20N2O5. The second kappa shape index (κ2) is 6.55. The van der Waals surface area contributed by atoms with Crippen LogP contribution < -0.4 is 5.32 Å². The quantitative estimate of drug-likeness (QED) is 0.712. The molecule has 0 bridgehead atoms. The zero-order valence-electron chi connectivity index (χ0n) is 10.9. The summed E-state index contributed by atoms with van der Waals surface area (Å²) >= 11 is 0. The van der Waals surface area contributed by atoms with Crippen LogP contribution >= 0.6 is 0 Å². The molecule has 2 N–H and O–H groups in total. The number of amides is 2. The number of ether oxygens (including phenoxy) is 2. The molecule has 1 fully saturated rings. The van der Waals surface area contributed by atoms with Gasteiger partial charge < -0.3 is 24.8 Å². The fourth-order valence-electron chi connectivity index (χ4n) is 1.75. The first-order valence-electron chi connectivity index (χ1n) is 5.80. The molecule has 104 valence electrons. The summed E-state index contributed by atoms with van der Waals surface area (Å²) in [7, 11) is 3.21. The molecule has 3 atom stereocenters. The van der Waals surface area contributed by atoms with Gasteiger partial charge in [0.15, 0.2) is 0 Å². The number of methoxy groups -OCH3 is 1. The topological polar surface area (TPSA) is 88.1 Å². The summed E-state index contributed by atoms with van der Waals surface area (Å²) in [6.07, 6.45) is 0. The van der Waals surface area contributed by atoms with Gasteiger partial charge in [-0.3, -0.25) is 4.79 Å². The minimum Gasteiger partial charge on any atom is -0.481 e. The SMILES string of the molecule is COCC(C)N(C)C(=O)NC1COCC1C(=O)O. The highest BCUT2D eigenvalue weighted by molar-refractivity contribution is 5.77. The largest absolute Gasteiger partial charge is 0.481 e. The number of carbonyl (C=O) groups is 2. The Kier molecular flexibility index (Phi) is 5.36. The van der Waals surface area contributed by atoms with Gasteiger partial charge in [-0.1, -0.05) is 0 Å². The van der Waals surface area contributed by atoms with Gasteiger partial charge >= 0.3 is 12.0 Å². The predicted molar refractivity (Wildman–Crippen MR) is 63.4 cm³/mol. The van der Waals surface area contributed by atoms with Gasteiger partial charge in [0.1, 0.15) is 5.92 Å². The number of aliphatic carboxylic acids is 1. The zero-order chi connectivity index (χ0) is 13.7. The van der Waals surface area contributed by atoms with E-state index >= 15 is 0 Å². The lowest BCUT2D eigenvalue weighted by Crippen LogP contribution is -2.50. The van der Waals surface area contributed by atoms with Crippen LogP contribution in [0.3, 0.4) is 0 Å². The van der Waals surface area contributed by atoms with E-state index < -0.39 is 17.9 Å². The van der Waals surface area contributed by atoms with E-state index in [-0.39, 0.29) is 25.3 Å². The maximum atomic E-state index is 11.9. The van der Waals surface area contributed by atoms with Crippen molar-refractivity contribution in [2.75, 3.05) is 34.0 Å². The standard InChI is InChI=1S/C11H20N2O5/c1-7(4-17-3)13(2)11(16)12-9-6-18-5-8(9)10(14)15/h7-9H,4-6H2,1-3H3,(H,12,16)(H,14,15). The fourth-order valence-corrected chi connectivity index (χ4v) is 1.75. The van der Waals surface area contributed by atoms with Gasteiger partial charge in [0.2, 0.25) is 0 Å². The molecule has 1 heterocycles. The van der Waals surface area contributed by atoms with Gasteiger partial charge in [0, 0.05) is 14.2 Å². The lowest BCUT2D eigenvalue weighted by Gasteiger charge is -2.26. The first-order chi connectivity index (χ1) is 8.47. The molecule has 1 aliphatic heterocycles. The third-order valence-corrected chi connectivity index (χ3v) is 3.10. The van der Waals surface area contributed by atoms with Crippen LogP contribution in [0.5, 0.6) is 0 Å². The van der Waals surface area contributed by atoms with Crippen LogP contribution in [-0.4, -0.2) is 68.1 Å². The molecule has 0 aromatic heterocycles. The van der Waals surface area contributed by atoms with Crippen LogP contribution in [0, 0.1) is 5.92 Å². The minimum absolute atomic E-state index is 0.0828. The number of carbonyl (C=O) groups excluding carboxylic acids is 1. The molecule has 7 heteroatoms. The third kappa shape index (κ3) is 3.58. The Bertz CT molecular complexity index is 310. The molecule has 1 rings (SSSR count). The van der Waals surface area contributed by atoms with E-state index in [1.54, 1.807) is 14.2 Å². The third-order valence-electron chi connectivity index (χ3n) is 3.10. The summed E-state index contributed by atoms with van der Waals surface area (Å²) in [5.41, 5.74) is 0. The van der Waals surface area contributed by atoms with E-state index in [2.05, 4.69) is 5.32 Å². The van der Waals surface area contributed by atoms with Crippen molar-refractivity contribution in [2.24, 2.45) is 5.92 Å². The number of urea groups is 1. The van der Waals surface area contributed by atoms with Crippen molar-refractivity contribution in [3.63, 3.8) is 0 Å². The molecule has 0 radical (unpaired) electrons. The number of hydrogen-bond acceptors (Lipinski definition) is 4.